The maximum absolute atomic E-state index is 8.94. The fourth-order valence-electron chi connectivity index (χ4n) is 1.39. The molecule has 0 saturated carbocycles. The number of aliphatic hydroxyl groups excluding tert-OH is 1. The van der Waals surface area contributed by atoms with E-state index < -0.39 is 0 Å². The summed E-state index contributed by atoms with van der Waals surface area (Å²) < 4.78 is 6.64. The number of nitrogens with two attached hydrogens (primary N) is 1. The third kappa shape index (κ3) is 3.10. The Morgan fingerprint density at radius 2 is 2.33 bits per heavy atom. The number of rotatable bonds is 6. The van der Waals surface area contributed by atoms with Crippen LogP contribution in [-0.4, -0.2) is 48.3 Å². The fraction of sp³-hybridized carbons (Fsp3) is 0.667. The molecule has 0 amide bonds. The van der Waals surface area contributed by atoms with E-state index in [9.17, 15) is 0 Å². The van der Waals surface area contributed by atoms with Gasteiger partial charge in [-0.3, -0.25) is 4.68 Å². The minimum atomic E-state index is 0.0692. The van der Waals surface area contributed by atoms with E-state index in [0.29, 0.717) is 31.2 Å². The van der Waals surface area contributed by atoms with Crippen LogP contribution in [0.4, 0.5) is 11.5 Å². The Bertz CT molecular complexity index is 300. The summed E-state index contributed by atoms with van der Waals surface area (Å²) in [6, 6.07) is 0. The second kappa shape index (κ2) is 5.57. The van der Waals surface area contributed by atoms with Gasteiger partial charge in [0.15, 0.2) is 5.82 Å². The average Bonchev–Trinajstić information content (AvgIpc) is 2.52. The predicted molar refractivity (Wildman–Crippen MR) is 58.8 cm³/mol. The molecule has 0 aromatic carbocycles. The van der Waals surface area contributed by atoms with Crippen LogP contribution in [0.1, 0.15) is 0 Å². The minimum absolute atomic E-state index is 0.0692. The summed E-state index contributed by atoms with van der Waals surface area (Å²) >= 11 is 0. The van der Waals surface area contributed by atoms with Gasteiger partial charge in [-0.2, -0.15) is 5.10 Å². The van der Waals surface area contributed by atoms with Crippen LogP contribution in [-0.2, 0) is 11.8 Å². The van der Waals surface area contributed by atoms with Crippen LogP contribution in [0.3, 0.4) is 0 Å². The number of anilines is 2. The van der Waals surface area contributed by atoms with Gasteiger partial charge in [0.05, 0.1) is 18.9 Å². The van der Waals surface area contributed by atoms with Crippen LogP contribution in [0.2, 0.25) is 0 Å². The van der Waals surface area contributed by atoms with E-state index in [2.05, 4.69) is 5.10 Å². The van der Waals surface area contributed by atoms with Gasteiger partial charge < -0.3 is 20.5 Å². The van der Waals surface area contributed by atoms with Crippen molar-refractivity contribution < 1.29 is 9.84 Å². The maximum Gasteiger partial charge on any atom is 0.174 e. The average molecular weight is 214 g/mol. The zero-order valence-corrected chi connectivity index (χ0v) is 9.18. The van der Waals surface area contributed by atoms with Crippen molar-refractivity contribution in [1.29, 1.82) is 0 Å². The molecule has 0 aliphatic carbocycles. The van der Waals surface area contributed by atoms with Crippen LogP contribution in [0, 0.1) is 0 Å². The molecule has 0 fully saturated rings. The Labute approximate surface area is 89.2 Å². The minimum Gasteiger partial charge on any atom is -0.395 e. The Balaban J connectivity index is 2.73. The van der Waals surface area contributed by atoms with Gasteiger partial charge in [0.2, 0.25) is 0 Å². The van der Waals surface area contributed by atoms with Crippen molar-refractivity contribution in [3.63, 3.8) is 0 Å². The molecular formula is C9H18N4O2. The van der Waals surface area contributed by atoms with Gasteiger partial charge in [0.25, 0.3) is 0 Å². The summed E-state index contributed by atoms with van der Waals surface area (Å²) in [7, 11) is 3.45. The first kappa shape index (κ1) is 11.8. The van der Waals surface area contributed by atoms with Crippen molar-refractivity contribution in [3.8, 4) is 0 Å². The van der Waals surface area contributed by atoms with E-state index in [0.717, 1.165) is 0 Å². The Kier molecular flexibility index (Phi) is 4.38. The van der Waals surface area contributed by atoms with E-state index in [1.54, 1.807) is 18.0 Å². The molecule has 0 spiro atoms. The van der Waals surface area contributed by atoms with Gasteiger partial charge in [0, 0.05) is 33.4 Å². The highest BCUT2D eigenvalue weighted by molar-refractivity contribution is 5.61. The molecule has 0 saturated heterocycles. The number of nitrogens with zero attached hydrogens (tertiary/aromatic N) is 3. The van der Waals surface area contributed by atoms with Crippen LogP contribution >= 0.6 is 0 Å². The smallest absolute Gasteiger partial charge is 0.174 e. The first-order valence-corrected chi connectivity index (χ1v) is 4.83. The van der Waals surface area contributed by atoms with Crippen LogP contribution in [0.15, 0.2) is 6.20 Å². The molecule has 1 heterocycles. The van der Waals surface area contributed by atoms with Crippen molar-refractivity contribution >= 4 is 11.5 Å². The summed E-state index contributed by atoms with van der Waals surface area (Å²) in [5.41, 5.74) is 6.41. The van der Waals surface area contributed by atoms with Gasteiger partial charge in [-0.1, -0.05) is 0 Å². The first-order chi connectivity index (χ1) is 7.19. The lowest BCUT2D eigenvalue weighted by Gasteiger charge is -2.21. The molecule has 0 aliphatic rings. The lowest BCUT2D eigenvalue weighted by Crippen LogP contribution is -2.31. The number of aromatic nitrogens is 2. The van der Waals surface area contributed by atoms with Gasteiger partial charge in [0.1, 0.15) is 0 Å². The second-order valence-corrected chi connectivity index (χ2v) is 3.29. The summed E-state index contributed by atoms with van der Waals surface area (Å²) in [5, 5.41) is 13.2. The SMILES string of the molecule is COCCN(CCO)c1nn(C)cc1N. The molecule has 1 rings (SSSR count). The third-order valence-electron chi connectivity index (χ3n) is 2.07. The van der Waals surface area contributed by atoms with Crippen LogP contribution in [0.5, 0.6) is 0 Å². The normalized spacial score (nSPS) is 10.6. The van der Waals surface area contributed by atoms with Gasteiger partial charge in [-0.05, 0) is 0 Å². The highest BCUT2D eigenvalue weighted by Crippen LogP contribution is 2.19. The van der Waals surface area contributed by atoms with Gasteiger partial charge in [-0.25, -0.2) is 0 Å². The Hall–Kier alpha value is -1.27. The van der Waals surface area contributed by atoms with Crippen molar-refractivity contribution in [2.24, 2.45) is 7.05 Å². The molecule has 0 aliphatic heterocycles. The molecule has 0 unspecified atom stereocenters. The van der Waals surface area contributed by atoms with Gasteiger partial charge >= 0.3 is 0 Å². The molecule has 3 N–H and O–H groups in total. The van der Waals surface area contributed by atoms with E-state index in [-0.39, 0.29) is 6.61 Å². The van der Waals surface area contributed by atoms with E-state index in [1.165, 1.54) is 0 Å². The molecule has 0 bridgehead atoms. The second-order valence-electron chi connectivity index (χ2n) is 3.29. The fourth-order valence-corrected chi connectivity index (χ4v) is 1.39. The first-order valence-electron chi connectivity index (χ1n) is 4.83. The van der Waals surface area contributed by atoms with Crippen molar-refractivity contribution in [2.75, 3.05) is 44.0 Å². The van der Waals surface area contributed by atoms with E-state index in [1.807, 2.05) is 11.9 Å². The number of aliphatic hydroxyl groups is 1. The zero-order valence-electron chi connectivity index (χ0n) is 9.18. The molecule has 86 valence electrons. The molecule has 0 atom stereocenters. The number of ether oxygens (including phenoxy) is 1. The van der Waals surface area contributed by atoms with E-state index in [4.69, 9.17) is 15.6 Å². The quantitative estimate of drug-likeness (QED) is 0.664. The molecule has 6 heteroatoms. The topological polar surface area (TPSA) is 76.5 Å². The molecular weight excluding hydrogens is 196 g/mol. The monoisotopic (exact) mass is 214 g/mol. The highest BCUT2D eigenvalue weighted by atomic mass is 16.5. The number of hydrogen-bond acceptors (Lipinski definition) is 5. The van der Waals surface area contributed by atoms with Crippen LogP contribution in [0.25, 0.3) is 0 Å². The number of nitrogen functional groups attached to an aromatic ring is 1. The van der Waals surface area contributed by atoms with Crippen molar-refractivity contribution in [1.82, 2.24) is 9.78 Å². The van der Waals surface area contributed by atoms with Crippen molar-refractivity contribution in [2.45, 2.75) is 0 Å². The molecule has 1 aromatic rings. The molecule has 6 nitrogen and oxygen atoms in total. The zero-order chi connectivity index (χ0) is 11.3. The summed E-state index contributed by atoms with van der Waals surface area (Å²) in [4.78, 5) is 1.90. The lowest BCUT2D eigenvalue weighted by molar-refractivity contribution is 0.202. The van der Waals surface area contributed by atoms with Crippen LogP contribution < -0.4 is 10.6 Å². The molecule has 1 aromatic heterocycles. The number of methoxy groups -OCH3 is 1. The van der Waals surface area contributed by atoms with Gasteiger partial charge in [-0.15, -0.1) is 0 Å². The highest BCUT2D eigenvalue weighted by Gasteiger charge is 2.12. The largest absolute Gasteiger partial charge is 0.395 e. The number of hydrogen-bond donors (Lipinski definition) is 2. The summed E-state index contributed by atoms with van der Waals surface area (Å²) in [6.07, 6.45) is 1.74. The summed E-state index contributed by atoms with van der Waals surface area (Å²) in [6.45, 7) is 1.82. The molecule has 0 radical (unpaired) electrons. The third-order valence-corrected chi connectivity index (χ3v) is 2.07. The Morgan fingerprint density at radius 1 is 1.60 bits per heavy atom. The maximum atomic E-state index is 8.94. The summed E-state index contributed by atoms with van der Waals surface area (Å²) in [5.74, 6) is 0.698. The standard InChI is InChI=1S/C9H18N4O2/c1-12-7-8(10)9(11-12)13(3-5-14)4-6-15-2/h7,14H,3-6,10H2,1-2H3. The predicted octanol–water partition coefficient (Wildman–Crippen LogP) is -0.553. The van der Waals surface area contributed by atoms with Crippen molar-refractivity contribution in [3.05, 3.63) is 6.20 Å². The molecule has 15 heavy (non-hydrogen) atoms. The van der Waals surface area contributed by atoms with E-state index >= 15 is 0 Å². The lowest BCUT2D eigenvalue weighted by atomic mass is 10.4. The number of aryl methyl sites for hydroxylation is 1. The Morgan fingerprint density at radius 3 is 2.80 bits per heavy atom.